The lowest BCUT2D eigenvalue weighted by Crippen LogP contribution is -2.27. The largest absolute Gasteiger partial charge is 0.495 e. The summed E-state index contributed by atoms with van der Waals surface area (Å²) < 4.78 is 8.94. The molecule has 2 aromatic heterocycles. The van der Waals surface area contributed by atoms with Gasteiger partial charge in [0.2, 0.25) is 11.7 Å². The predicted molar refractivity (Wildman–Crippen MR) is 141 cm³/mol. The monoisotopic (exact) mass is 499 g/mol. The van der Waals surface area contributed by atoms with Crippen LogP contribution in [0.5, 0.6) is 5.75 Å². The van der Waals surface area contributed by atoms with E-state index < -0.39 is 5.25 Å². The second-order valence-electron chi connectivity index (χ2n) is 8.59. The highest BCUT2D eigenvalue weighted by Crippen LogP contribution is 2.37. The number of likely N-dealkylation sites (N-methyl/N-ethyl adjacent to an activating group) is 1. The summed E-state index contributed by atoms with van der Waals surface area (Å²) in [6.45, 7) is 1.95. The highest BCUT2D eigenvalue weighted by Gasteiger charge is 2.28. The maximum atomic E-state index is 13.7. The van der Waals surface area contributed by atoms with Crippen LogP contribution in [0.4, 0.5) is 0 Å². The van der Waals surface area contributed by atoms with Crippen LogP contribution in [0.2, 0.25) is 0 Å². The molecule has 0 saturated carbocycles. The summed E-state index contributed by atoms with van der Waals surface area (Å²) in [6, 6.07) is 22.6. The number of para-hydroxylation sites is 1. The lowest BCUT2D eigenvalue weighted by Gasteiger charge is -2.20. The van der Waals surface area contributed by atoms with E-state index in [0.29, 0.717) is 33.3 Å². The molecule has 1 amide bonds. The third-order valence-corrected chi connectivity index (χ3v) is 7.15. The Morgan fingerprint density at radius 2 is 1.72 bits per heavy atom. The van der Waals surface area contributed by atoms with Crippen molar-refractivity contribution in [2.45, 2.75) is 17.3 Å². The zero-order valence-electron chi connectivity index (χ0n) is 20.4. The van der Waals surface area contributed by atoms with Crippen molar-refractivity contribution in [3.05, 3.63) is 94.3 Å². The van der Waals surface area contributed by atoms with E-state index in [1.807, 2.05) is 78.1 Å². The molecule has 1 atom stereocenters. The molecule has 0 radical (unpaired) electrons. The number of rotatable bonds is 6. The van der Waals surface area contributed by atoms with Crippen molar-refractivity contribution in [1.82, 2.24) is 24.1 Å². The van der Waals surface area contributed by atoms with Crippen LogP contribution in [0, 0.1) is 6.92 Å². The van der Waals surface area contributed by atoms with Gasteiger partial charge in [0.05, 0.1) is 23.7 Å². The van der Waals surface area contributed by atoms with Gasteiger partial charge in [0.15, 0.2) is 5.16 Å². The van der Waals surface area contributed by atoms with Crippen molar-refractivity contribution >= 4 is 34.3 Å². The second-order valence-corrected chi connectivity index (χ2v) is 9.66. The third-order valence-electron chi connectivity index (χ3n) is 5.96. The van der Waals surface area contributed by atoms with Crippen LogP contribution in [-0.4, -0.2) is 51.2 Å². The molecule has 0 aliphatic heterocycles. The summed E-state index contributed by atoms with van der Waals surface area (Å²) in [5.74, 6) is 0.817. The van der Waals surface area contributed by atoms with E-state index >= 15 is 0 Å². The Morgan fingerprint density at radius 3 is 2.44 bits per heavy atom. The summed E-state index contributed by atoms with van der Waals surface area (Å²) >= 11 is 1.30. The molecule has 0 fully saturated rings. The van der Waals surface area contributed by atoms with E-state index in [1.54, 1.807) is 32.2 Å². The maximum Gasteiger partial charge on any atom is 0.267 e. The zero-order chi connectivity index (χ0) is 25.4. The van der Waals surface area contributed by atoms with Crippen LogP contribution in [0.15, 0.2) is 82.7 Å². The molecule has 182 valence electrons. The SMILES string of the molecule is COc1ccc(C)cc1-n1c(=O)c2ccccc2n2c(SC(C(=O)N(C)C)c3ccccc3)nnc12. The number of thioether (sulfide) groups is 1. The summed E-state index contributed by atoms with van der Waals surface area (Å²) in [5, 5.41) is 9.37. The molecule has 5 rings (SSSR count). The Balaban J connectivity index is 1.79. The minimum absolute atomic E-state index is 0.0686. The number of fused-ring (bicyclic) bond motifs is 3. The van der Waals surface area contributed by atoms with Gasteiger partial charge in [0.25, 0.3) is 5.56 Å². The minimum Gasteiger partial charge on any atom is -0.495 e. The first kappa shape index (κ1) is 23.6. The Bertz CT molecular complexity index is 1640. The smallest absolute Gasteiger partial charge is 0.267 e. The summed E-state index contributed by atoms with van der Waals surface area (Å²) in [5.41, 5.74) is 2.84. The number of amides is 1. The predicted octanol–water partition coefficient (Wildman–Crippen LogP) is 4.27. The van der Waals surface area contributed by atoms with Crippen molar-refractivity contribution in [1.29, 1.82) is 0 Å². The molecule has 0 saturated heterocycles. The second kappa shape index (κ2) is 9.50. The number of carbonyl (C=O) groups is 1. The summed E-state index contributed by atoms with van der Waals surface area (Å²) in [7, 11) is 5.04. The number of methoxy groups -OCH3 is 1. The van der Waals surface area contributed by atoms with Crippen molar-refractivity contribution in [3.63, 3.8) is 0 Å². The quantitative estimate of drug-likeness (QED) is 0.325. The Kier molecular flexibility index (Phi) is 6.24. The van der Waals surface area contributed by atoms with Gasteiger partial charge in [-0.2, -0.15) is 0 Å². The molecule has 0 N–H and O–H groups in total. The molecule has 0 aliphatic carbocycles. The summed E-state index contributed by atoms with van der Waals surface area (Å²) in [4.78, 5) is 28.5. The van der Waals surface area contributed by atoms with Gasteiger partial charge in [-0.15, -0.1) is 10.2 Å². The normalized spacial score (nSPS) is 12.1. The van der Waals surface area contributed by atoms with Crippen molar-refractivity contribution in [2.75, 3.05) is 21.2 Å². The maximum absolute atomic E-state index is 13.7. The number of ether oxygens (including phenoxy) is 1. The highest BCUT2D eigenvalue weighted by molar-refractivity contribution is 8.00. The average molecular weight is 500 g/mol. The van der Waals surface area contributed by atoms with Gasteiger partial charge in [-0.1, -0.05) is 60.3 Å². The van der Waals surface area contributed by atoms with Crippen molar-refractivity contribution in [3.8, 4) is 11.4 Å². The number of benzene rings is 3. The van der Waals surface area contributed by atoms with E-state index in [-0.39, 0.29) is 11.5 Å². The average Bonchev–Trinajstić information content (AvgIpc) is 3.31. The first-order valence-corrected chi connectivity index (χ1v) is 12.3. The topological polar surface area (TPSA) is 81.7 Å². The fourth-order valence-electron chi connectivity index (χ4n) is 4.18. The Labute approximate surface area is 212 Å². The first-order valence-electron chi connectivity index (χ1n) is 11.4. The molecule has 8 nitrogen and oxygen atoms in total. The standard InChI is InChI=1S/C27H25N5O3S/c1-17-14-15-22(35-4)21(16-17)31-24(33)19-12-8-9-13-20(19)32-26(31)28-29-27(32)36-23(25(34)30(2)3)18-10-6-5-7-11-18/h5-16,23H,1-4H3. The molecule has 0 aliphatic rings. The Morgan fingerprint density at radius 1 is 1.00 bits per heavy atom. The molecule has 5 aromatic rings. The molecule has 36 heavy (non-hydrogen) atoms. The molecule has 0 spiro atoms. The first-order chi connectivity index (χ1) is 17.4. The lowest BCUT2D eigenvalue weighted by molar-refractivity contribution is -0.128. The van der Waals surface area contributed by atoms with Gasteiger partial charge in [0, 0.05) is 14.1 Å². The molecule has 3 aromatic carbocycles. The van der Waals surface area contributed by atoms with E-state index in [4.69, 9.17) is 4.74 Å². The third kappa shape index (κ3) is 4.01. The van der Waals surface area contributed by atoms with Gasteiger partial charge >= 0.3 is 0 Å². The van der Waals surface area contributed by atoms with Gasteiger partial charge < -0.3 is 9.64 Å². The number of carbonyl (C=O) groups excluding carboxylic acids is 1. The van der Waals surface area contributed by atoms with Crippen LogP contribution >= 0.6 is 11.8 Å². The van der Waals surface area contributed by atoms with Crippen LogP contribution in [0.3, 0.4) is 0 Å². The molecular formula is C27H25N5O3S. The molecule has 1 unspecified atom stereocenters. The highest BCUT2D eigenvalue weighted by atomic mass is 32.2. The number of aryl methyl sites for hydroxylation is 1. The Hall–Kier alpha value is -4.11. The number of hydrogen-bond acceptors (Lipinski definition) is 6. The number of aromatic nitrogens is 4. The zero-order valence-corrected chi connectivity index (χ0v) is 21.2. The fraction of sp³-hybridized carbons (Fsp3) is 0.185. The molecule has 2 heterocycles. The minimum atomic E-state index is -0.541. The summed E-state index contributed by atoms with van der Waals surface area (Å²) in [6.07, 6.45) is 0. The lowest BCUT2D eigenvalue weighted by atomic mass is 10.1. The molecule has 9 heteroatoms. The van der Waals surface area contributed by atoms with Crippen molar-refractivity contribution < 1.29 is 9.53 Å². The number of nitrogens with zero attached hydrogens (tertiary/aromatic N) is 5. The van der Waals surface area contributed by atoms with Gasteiger partial charge in [0.1, 0.15) is 11.0 Å². The van der Waals surface area contributed by atoms with E-state index in [1.165, 1.54) is 16.3 Å². The number of hydrogen-bond donors (Lipinski definition) is 0. The van der Waals surface area contributed by atoms with E-state index in [9.17, 15) is 9.59 Å². The van der Waals surface area contributed by atoms with Gasteiger partial charge in [-0.05, 0) is 42.3 Å². The molecular weight excluding hydrogens is 474 g/mol. The van der Waals surface area contributed by atoms with Crippen LogP contribution in [-0.2, 0) is 4.79 Å². The van der Waals surface area contributed by atoms with Crippen LogP contribution < -0.4 is 10.3 Å². The van der Waals surface area contributed by atoms with Crippen molar-refractivity contribution in [2.24, 2.45) is 0 Å². The van der Waals surface area contributed by atoms with Gasteiger partial charge in [-0.3, -0.25) is 14.0 Å². The fourth-order valence-corrected chi connectivity index (χ4v) is 5.36. The molecule has 0 bridgehead atoms. The van der Waals surface area contributed by atoms with Gasteiger partial charge in [-0.25, -0.2) is 4.57 Å². The van der Waals surface area contributed by atoms with E-state index in [2.05, 4.69) is 10.2 Å². The van der Waals surface area contributed by atoms with E-state index in [0.717, 1.165) is 11.1 Å². The van der Waals surface area contributed by atoms with Crippen LogP contribution in [0.25, 0.3) is 22.4 Å². The van der Waals surface area contributed by atoms with Crippen LogP contribution in [0.1, 0.15) is 16.4 Å².